The van der Waals surface area contributed by atoms with Crippen molar-refractivity contribution < 1.29 is 0 Å². The summed E-state index contributed by atoms with van der Waals surface area (Å²) in [6.07, 6.45) is 6.16. The van der Waals surface area contributed by atoms with E-state index in [1.54, 1.807) is 9.20 Å². The van der Waals surface area contributed by atoms with Crippen molar-refractivity contribution in [2.75, 3.05) is 18.0 Å². The second-order valence-electron chi connectivity index (χ2n) is 6.39. The second kappa shape index (κ2) is 6.15. The predicted octanol–water partition coefficient (Wildman–Crippen LogP) is 2.90. The molecule has 0 aliphatic carbocycles. The van der Waals surface area contributed by atoms with Crippen LogP contribution in [-0.2, 0) is 7.05 Å². The Bertz CT molecular complexity index is 963. The SMILES string of the molecule is Cc1cc(Cl)c(C)n2nc(/C=C/c3nc(N4CCCC4)nn3C)nc12. The average Bonchev–Trinajstić information content (AvgIpc) is 3.30. The first-order chi connectivity index (χ1) is 12.0. The van der Waals surface area contributed by atoms with E-state index >= 15 is 0 Å². The number of pyridine rings is 1. The summed E-state index contributed by atoms with van der Waals surface area (Å²) >= 11 is 6.23. The molecule has 1 aliphatic heterocycles. The second-order valence-corrected chi connectivity index (χ2v) is 6.79. The van der Waals surface area contributed by atoms with Crippen molar-refractivity contribution in [3.05, 3.63) is 34.0 Å². The maximum atomic E-state index is 6.23. The van der Waals surface area contributed by atoms with Gasteiger partial charge in [0.15, 0.2) is 17.3 Å². The lowest BCUT2D eigenvalue weighted by Gasteiger charge is -2.10. The third kappa shape index (κ3) is 2.89. The highest BCUT2D eigenvalue weighted by Gasteiger charge is 2.17. The molecular formula is C17H20ClN7. The molecule has 4 rings (SSSR count). The number of anilines is 1. The van der Waals surface area contributed by atoms with Crippen LogP contribution >= 0.6 is 11.6 Å². The van der Waals surface area contributed by atoms with Crippen LogP contribution in [0.4, 0.5) is 5.95 Å². The van der Waals surface area contributed by atoms with Crippen molar-refractivity contribution >= 4 is 35.3 Å². The average molecular weight is 358 g/mol. The van der Waals surface area contributed by atoms with Gasteiger partial charge in [0.2, 0.25) is 5.95 Å². The van der Waals surface area contributed by atoms with E-state index in [1.807, 2.05) is 39.1 Å². The molecule has 0 spiro atoms. The Kier molecular flexibility index (Phi) is 3.95. The first-order valence-corrected chi connectivity index (χ1v) is 8.77. The molecule has 0 atom stereocenters. The smallest absolute Gasteiger partial charge is 0.245 e. The Morgan fingerprint density at radius 2 is 1.84 bits per heavy atom. The number of hydrogen-bond acceptors (Lipinski definition) is 5. The van der Waals surface area contributed by atoms with Crippen molar-refractivity contribution in [1.82, 2.24) is 29.4 Å². The molecule has 0 N–H and O–H groups in total. The highest BCUT2D eigenvalue weighted by molar-refractivity contribution is 6.31. The number of hydrogen-bond donors (Lipinski definition) is 0. The minimum atomic E-state index is 0.624. The molecular weight excluding hydrogens is 338 g/mol. The lowest BCUT2D eigenvalue weighted by Crippen LogP contribution is -2.19. The van der Waals surface area contributed by atoms with Gasteiger partial charge in [0.1, 0.15) is 0 Å². The predicted molar refractivity (Wildman–Crippen MR) is 98.8 cm³/mol. The molecule has 0 amide bonds. The first kappa shape index (κ1) is 16.1. The quantitative estimate of drug-likeness (QED) is 0.721. The zero-order chi connectivity index (χ0) is 17.6. The van der Waals surface area contributed by atoms with Gasteiger partial charge < -0.3 is 4.90 Å². The molecule has 0 bridgehead atoms. The van der Waals surface area contributed by atoms with E-state index in [2.05, 4.69) is 25.1 Å². The molecule has 4 heterocycles. The summed E-state index contributed by atoms with van der Waals surface area (Å²) in [4.78, 5) is 11.4. The van der Waals surface area contributed by atoms with Gasteiger partial charge >= 0.3 is 0 Å². The van der Waals surface area contributed by atoms with Crippen LogP contribution in [0, 0.1) is 13.8 Å². The van der Waals surface area contributed by atoms with Gasteiger partial charge in [0.05, 0.1) is 10.7 Å². The van der Waals surface area contributed by atoms with Crippen LogP contribution in [0.15, 0.2) is 6.07 Å². The Hall–Kier alpha value is -2.41. The normalized spacial score (nSPS) is 15.1. The van der Waals surface area contributed by atoms with Crippen molar-refractivity contribution in [2.45, 2.75) is 26.7 Å². The van der Waals surface area contributed by atoms with E-state index in [0.717, 1.165) is 41.8 Å². The molecule has 0 saturated carbocycles. The standard InChI is InChI=1S/C17H20ClN7/c1-11-10-13(18)12(2)25-16(11)19-14(21-25)6-7-15-20-17(22-23(15)3)24-8-4-5-9-24/h6-7,10H,4-5,8-9H2,1-3H3/b7-6+. The third-order valence-corrected chi connectivity index (χ3v) is 4.92. The van der Waals surface area contributed by atoms with Gasteiger partial charge in [-0.05, 0) is 50.5 Å². The molecule has 8 heteroatoms. The molecule has 1 fully saturated rings. The Morgan fingerprint density at radius 3 is 2.60 bits per heavy atom. The summed E-state index contributed by atoms with van der Waals surface area (Å²) in [5.41, 5.74) is 2.69. The van der Waals surface area contributed by atoms with E-state index < -0.39 is 0 Å². The van der Waals surface area contributed by atoms with Crippen LogP contribution in [0.3, 0.4) is 0 Å². The van der Waals surface area contributed by atoms with Gasteiger partial charge in [0, 0.05) is 20.1 Å². The van der Waals surface area contributed by atoms with Crippen molar-refractivity contribution in [2.24, 2.45) is 7.05 Å². The van der Waals surface area contributed by atoms with Crippen molar-refractivity contribution in [3.8, 4) is 0 Å². The summed E-state index contributed by atoms with van der Waals surface area (Å²) in [6, 6.07) is 1.92. The zero-order valence-electron chi connectivity index (χ0n) is 14.6. The number of rotatable bonds is 3. The topological polar surface area (TPSA) is 64.1 Å². The van der Waals surface area contributed by atoms with Crippen LogP contribution < -0.4 is 4.90 Å². The van der Waals surface area contributed by atoms with Gasteiger partial charge in [-0.1, -0.05) is 11.6 Å². The fraction of sp³-hybridized carbons (Fsp3) is 0.412. The van der Waals surface area contributed by atoms with Crippen molar-refractivity contribution in [1.29, 1.82) is 0 Å². The number of aromatic nitrogens is 6. The Balaban J connectivity index is 1.65. The molecule has 0 aromatic carbocycles. The molecule has 7 nitrogen and oxygen atoms in total. The van der Waals surface area contributed by atoms with Crippen molar-refractivity contribution in [3.63, 3.8) is 0 Å². The van der Waals surface area contributed by atoms with Gasteiger partial charge in [-0.25, -0.2) is 14.2 Å². The van der Waals surface area contributed by atoms with Gasteiger partial charge in [-0.3, -0.25) is 0 Å². The third-order valence-electron chi connectivity index (χ3n) is 4.54. The van der Waals surface area contributed by atoms with Gasteiger partial charge in [-0.15, -0.1) is 10.2 Å². The number of halogens is 1. The molecule has 1 saturated heterocycles. The number of aryl methyl sites for hydroxylation is 3. The van der Waals surface area contributed by atoms with Crippen LogP contribution in [0.5, 0.6) is 0 Å². The van der Waals surface area contributed by atoms with Crippen LogP contribution in [0.1, 0.15) is 35.7 Å². The minimum Gasteiger partial charge on any atom is -0.340 e. The Morgan fingerprint density at radius 1 is 1.08 bits per heavy atom. The highest BCUT2D eigenvalue weighted by Crippen LogP contribution is 2.21. The first-order valence-electron chi connectivity index (χ1n) is 8.39. The van der Waals surface area contributed by atoms with E-state index in [1.165, 1.54) is 12.8 Å². The lowest BCUT2D eigenvalue weighted by molar-refractivity contribution is 0.747. The van der Waals surface area contributed by atoms with E-state index in [0.29, 0.717) is 10.8 Å². The number of fused-ring (bicyclic) bond motifs is 1. The molecule has 1 aliphatic rings. The molecule has 3 aromatic heterocycles. The zero-order valence-corrected chi connectivity index (χ0v) is 15.3. The van der Waals surface area contributed by atoms with E-state index in [-0.39, 0.29) is 0 Å². The van der Waals surface area contributed by atoms with Crippen LogP contribution in [-0.4, -0.2) is 42.5 Å². The molecule has 130 valence electrons. The highest BCUT2D eigenvalue weighted by atomic mass is 35.5. The van der Waals surface area contributed by atoms with Gasteiger partial charge in [0.25, 0.3) is 0 Å². The summed E-state index contributed by atoms with van der Waals surface area (Å²) in [5.74, 6) is 2.20. The van der Waals surface area contributed by atoms with Crippen LogP contribution in [0.25, 0.3) is 17.8 Å². The molecule has 0 radical (unpaired) electrons. The lowest BCUT2D eigenvalue weighted by atomic mass is 10.2. The maximum Gasteiger partial charge on any atom is 0.245 e. The largest absolute Gasteiger partial charge is 0.340 e. The summed E-state index contributed by atoms with van der Waals surface area (Å²) in [5, 5.41) is 9.72. The summed E-state index contributed by atoms with van der Waals surface area (Å²) in [6.45, 7) is 5.97. The molecule has 0 unspecified atom stereocenters. The molecule has 3 aromatic rings. The summed E-state index contributed by atoms with van der Waals surface area (Å²) in [7, 11) is 1.90. The Labute approximate surface area is 150 Å². The van der Waals surface area contributed by atoms with Gasteiger partial charge in [-0.2, -0.15) is 4.98 Å². The number of nitrogens with zero attached hydrogens (tertiary/aromatic N) is 7. The van der Waals surface area contributed by atoms with Crippen LogP contribution in [0.2, 0.25) is 5.02 Å². The molecule has 25 heavy (non-hydrogen) atoms. The fourth-order valence-electron chi connectivity index (χ4n) is 3.08. The maximum absolute atomic E-state index is 6.23. The summed E-state index contributed by atoms with van der Waals surface area (Å²) < 4.78 is 3.57. The van der Waals surface area contributed by atoms with E-state index in [4.69, 9.17) is 11.6 Å². The minimum absolute atomic E-state index is 0.624. The van der Waals surface area contributed by atoms with E-state index in [9.17, 15) is 0 Å². The fourth-order valence-corrected chi connectivity index (χ4v) is 3.32. The monoisotopic (exact) mass is 357 g/mol.